The van der Waals surface area contributed by atoms with E-state index >= 15 is 0 Å². The molecule has 148 valence electrons. The number of ether oxygens (including phenoxy) is 1. The molecule has 2 aromatic rings. The van der Waals surface area contributed by atoms with Crippen molar-refractivity contribution in [3.8, 4) is 0 Å². The first-order valence-electron chi connectivity index (χ1n) is 9.15. The van der Waals surface area contributed by atoms with Gasteiger partial charge in [0, 0.05) is 12.5 Å². The van der Waals surface area contributed by atoms with Crippen LogP contribution in [0.3, 0.4) is 0 Å². The lowest BCUT2D eigenvalue weighted by atomic mass is 10.1. The van der Waals surface area contributed by atoms with Crippen LogP contribution >= 0.6 is 0 Å². The summed E-state index contributed by atoms with van der Waals surface area (Å²) in [5.74, 6) is -1.36. The maximum atomic E-state index is 12.5. The van der Waals surface area contributed by atoms with Gasteiger partial charge in [0.05, 0.1) is 0 Å². The van der Waals surface area contributed by atoms with E-state index in [0.29, 0.717) is 6.42 Å². The molecule has 3 amide bonds. The van der Waals surface area contributed by atoms with E-state index in [1.165, 1.54) is 11.0 Å². The Balaban J connectivity index is 1.51. The molecule has 0 spiro atoms. The van der Waals surface area contributed by atoms with Crippen molar-refractivity contribution >= 4 is 17.9 Å². The number of imide groups is 1. The van der Waals surface area contributed by atoms with Crippen LogP contribution in [0.5, 0.6) is 0 Å². The van der Waals surface area contributed by atoms with Gasteiger partial charge in [-0.25, -0.2) is 14.3 Å². The van der Waals surface area contributed by atoms with Crippen LogP contribution in [-0.4, -0.2) is 50.8 Å². The fourth-order valence-corrected chi connectivity index (χ4v) is 3.12. The predicted octanol–water partition coefficient (Wildman–Crippen LogP) is 0.768. The largest absolute Gasteiger partial charge is 0.454 e. The first-order valence-corrected chi connectivity index (χ1v) is 9.15. The zero-order valence-corrected chi connectivity index (χ0v) is 15.3. The molecule has 0 saturated heterocycles. The van der Waals surface area contributed by atoms with Gasteiger partial charge in [-0.05, 0) is 28.8 Å². The third kappa shape index (κ3) is 5.60. The normalized spacial score (nSPS) is 15.0. The highest BCUT2D eigenvalue weighted by Crippen LogP contribution is 2.17. The lowest BCUT2D eigenvalue weighted by Crippen LogP contribution is -2.45. The Bertz CT molecular complexity index is 790. The molecule has 10 nitrogen and oxygen atoms in total. The second-order valence-electron chi connectivity index (χ2n) is 6.61. The molecule has 3 rings (SSSR count). The number of hydrogen-bond donors (Lipinski definition) is 2. The summed E-state index contributed by atoms with van der Waals surface area (Å²) >= 11 is 0. The minimum atomic E-state index is -0.822. The minimum absolute atomic E-state index is 0.0884. The van der Waals surface area contributed by atoms with Crippen molar-refractivity contribution in [1.82, 2.24) is 30.8 Å². The molecule has 0 aliphatic heterocycles. The number of esters is 1. The van der Waals surface area contributed by atoms with Gasteiger partial charge >= 0.3 is 12.0 Å². The number of nitrogens with zero attached hydrogens (tertiary/aromatic N) is 4. The zero-order valence-electron chi connectivity index (χ0n) is 15.3. The molecule has 1 heterocycles. The van der Waals surface area contributed by atoms with Gasteiger partial charge in [0.2, 0.25) is 0 Å². The van der Waals surface area contributed by atoms with E-state index < -0.39 is 30.6 Å². The van der Waals surface area contributed by atoms with Crippen LogP contribution in [0.4, 0.5) is 4.79 Å². The average Bonchev–Trinajstić information content (AvgIpc) is 3.39. The number of nitrogens with one attached hydrogen (secondary N) is 2. The average molecular weight is 386 g/mol. The molecular formula is C18H22N6O4. The van der Waals surface area contributed by atoms with Gasteiger partial charge in [0.15, 0.2) is 12.6 Å². The van der Waals surface area contributed by atoms with Gasteiger partial charge in [0.1, 0.15) is 6.33 Å². The van der Waals surface area contributed by atoms with E-state index in [1.54, 1.807) is 0 Å². The highest BCUT2D eigenvalue weighted by molar-refractivity contribution is 5.95. The summed E-state index contributed by atoms with van der Waals surface area (Å²) in [5.41, 5.74) is 0.889. The first kappa shape index (κ1) is 19.5. The van der Waals surface area contributed by atoms with Gasteiger partial charge in [-0.2, -0.15) is 0 Å². The maximum Gasteiger partial charge on any atom is 0.331 e. The standard InChI is InChI=1S/C18H22N6O4/c25-16(21-18(27)20-14-8-4-5-9-14)11-28-17(26)15(24-12-19-22-23-24)10-13-6-2-1-3-7-13/h1-3,6-7,12,14-15H,4-5,8-11H2,(H2,20,21,25,27)/t15-/m1/s1. The molecule has 1 saturated carbocycles. The fraction of sp³-hybridized carbons (Fsp3) is 0.444. The van der Waals surface area contributed by atoms with Crippen molar-refractivity contribution < 1.29 is 19.1 Å². The number of carbonyl (C=O) groups excluding carboxylic acids is 3. The predicted molar refractivity (Wildman–Crippen MR) is 96.9 cm³/mol. The second kappa shape index (κ2) is 9.58. The highest BCUT2D eigenvalue weighted by Gasteiger charge is 2.25. The molecule has 0 radical (unpaired) electrons. The SMILES string of the molecule is O=C(COC(=O)[C@@H](Cc1ccccc1)n1cnnn1)NC(=O)NC1CCCC1. The zero-order chi connectivity index (χ0) is 19.8. The van der Waals surface area contributed by atoms with Crippen molar-refractivity contribution in [2.45, 2.75) is 44.2 Å². The molecule has 1 aliphatic rings. The van der Waals surface area contributed by atoms with E-state index in [4.69, 9.17) is 4.74 Å². The Kier molecular flexibility index (Phi) is 6.66. The van der Waals surface area contributed by atoms with Gasteiger partial charge in [-0.1, -0.05) is 43.2 Å². The van der Waals surface area contributed by atoms with Gasteiger partial charge in [-0.15, -0.1) is 5.10 Å². The third-order valence-corrected chi connectivity index (χ3v) is 4.52. The van der Waals surface area contributed by atoms with Gasteiger partial charge in [-0.3, -0.25) is 10.1 Å². The number of rotatable bonds is 7. The highest BCUT2D eigenvalue weighted by atomic mass is 16.5. The third-order valence-electron chi connectivity index (χ3n) is 4.52. The van der Waals surface area contributed by atoms with Gasteiger partial charge < -0.3 is 10.1 Å². The molecule has 1 aliphatic carbocycles. The maximum absolute atomic E-state index is 12.5. The topological polar surface area (TPSA) is 128 Å². The van der Waals surface area contributed by atoms with Crippen molar-refractivity contribution in [2.75, 3.05) is 6.61 Å². The summed E-state index contributed by atoms with van der Waals surface area (Å²) in [6.45, 7) is -0.565. The van der Waals surface area contributed by atoms with E-state index in [9.17, 15) is 14.4 Å². The Labute approximate surface area is 161 Å². The van der Waals surface area contributed by atoms with Crippen LogP contribution in [0.2, 0.25) is 0 Å². The van der Waals surface area contributed by atoms with Crippen molar-refractivity contribution in [3.63, 3.8) is 0 Å². The first-order chi connectivity index (χ1) is 13.6. The number of amides is 3. The molecule has 10 heteroatoms. The van der Waals surface area contributed by atoms with Crippen LogP contribution in [0.15, 0.2) is 36.7 Å². The summed E-state index contributed by atoms with van der Waals surface area (Å²) in [4.78, 5) is 36.2. The van der Waals surface area contributed by atoms with E-state index in [1.807, 2.05) is 30.3 Å². The number of hydrogen-bond acceptors (Lipinski definition) is 7. The molecule has 1 aromatic heterocycles. The fourth-order valence-electron chi connectivity index (χ4n) is 3.12. The Morgan fingerprint density at radius 1 is 1.18 bits per heavy atom. The molecule has 0 bridgehead atoms. The summed E-state index contributed by atoms with van der Waals surface area (Å²) in [7, 11) is 0. The monoisotopic (exact) mass is 386 g/mol. The number of tetrazole rings is 1. The van der Waals surface area contributed by atoms with Crippen LogP contribution in [0.25, 0.3) is 0 Å². The Morgan fingerprint density at radius 2 is 1.93 bits per heavy atom. The van der Waals surface area contributed by atoms with Crippen molar-refractivity contribution in [1.29, 1.82) is 0 Å². The molecule has 28 heavy (non-hydrogen) atoms. The molecule has 2 N–H and O–H groups in total. The molecular weight excluding hydrogens is 364 g/mol. The van der Waals surface area contributed by atoms with Gasteiger partial charge in [0.25, 0.3) is 5.91 Å². The van der Waals surface area contributed by atoms with Crippen LogP contribution in [0.1, 0.15) is 37.3 Å². The summed E-state index contributed by atoms with van der Waals surface area (Å²) in [5, 5.41) is 15.7. The van der Waals surface area contributed by atoms with Crippen molar-refractivity contribution in [2.24, 2.45) is 0 Å². The Hall–Kier alpha value is -3.30. The summed E-state index contributed by atoms with van der Waals surface area (Å²) in [6, 6.07) is 8.00. The Morgan fingerprint density at radius 3 is 2.61 bits per heavy atom. The number of aromatic nitrogens is 4. The number of benzene rings is 1. The van der Waals surface area contributed by atoms with Crippen LogP contribution < -0.4 is 10.6 Å². The second-order valence-corrected chi connectivity index (χ2v) is 6.61. The molecule has 0 unspecified atom stereocenters. The van der Waals surface area contributed by atoms with E-state index in [-0.39, 0.29) is 6.04 Å². The van der Waals surface area contributed by atoms with Crippen molar-refractivity contribution in [3.05, 3.63) is 42.2 Å². The quantitative estimate of drug-likeness (QED) is 0.673. The lowest BCUT2D eigenvalue weighted by Gasteiger charge is -2.16. The molecule has 1 fully saturated rings. The molecule has 1 aromatic carbocycles. The summed E-state index contributed by atoms with van der Waals surface area (Å²) in [6.07, 6.45) is 5.55. The van der Waals surface area contributed by atoms with Crippen LogP contribution in [0, 0.1) is 0 Å². The minimum Gasteiger partial charge on any atom is -0.454 e. The summed E-state index contributed by atoms with van der Waals surface area (Å²) < 4.78 is 6.36. The molecule has 1 atom stereocenters. The van der Waals surface area contributed by atoms with E-state index in [0.717, 1.165) is 31.2 Å². The van der Waals surface area contributed by atoms with Crippen LogP contribution in [-0.2, 0) is 20.7 Å². The smallest absolute Gasteiger partial charge is 0.331 e. The lowest BCUT2D eigenvalue weighted by molar-refractivity contribution is -0.152. The number of carbonyl (C=O) groups is 3. The number of urea groups is 1. The van der Waals surface area contributed by atoms with E-state index in [2.05, 4.69) is 26.2 Å².